The van der Waals surface area contributed by atoms with Gasteiger partial charge in [-0.15, -0.1) is 0 Å². The van der Waals surface area contributed by atoms with Crippen LogP contribution in [0.4, 0.5) is 19.0 Å². The van der Waals surface area contributed by atoms with E-state index in [0.29, 0.717) is 36.2 Å². The van der Waals surface area contributed by atoms with Crippen molar-refractivity contribution < 1.29 is 18.0 Å². The molecule has 0 atom stereocenters. The number of halogens is 4. The van der Waals surface area contributed by atoms with Crippen molar-refractivity contribution in [2.24, 2.45) is 5.92 Å². The third kappa shape index (κ3) is 3.84. The Morgan fingerprint density at radius 3 is 2.42 bits per heavy atom. The number of aromatic nitrogens is 1. The Morgan fingerprint density at radius 2 is 1.83 bits per heavy atom. The van der Waals surface area contributed by atoms with E-state index in [9.17, 15) is 18.0 Å². The third-order valence-corrected chi connectivity index (χ3v) is 5.17. The molecule has 1 aromatic rings. The minimum absolute atomic E-state index is 0.0469. The number of piperidine rings is 2. The number of hydrogen-bond acceptors (Lipinski definition) is 3. The van der Waals surface area contributed by atoms with Crippen LogP contribution >= 0.6 is 15.9 Å². The van der Waals surface area contributed by atoms with Crippen LogP contribution in [0.3, 0.4) is 0 Å². The van der Waals surface area contributed by atoms with Gasteiger partial charge in [0.2, 0.25) is 5.91 Å². The van der Waals surface area contributed by atoms with Gasteiger partial charge in [-0.3, -0.25) is 4.79 Å². The highest BCUT2D eigenvalue weighted by molar-refractivity contribution is 9.10. The molecule has 2 saturated heterocycles. The van der Waals surface area contributed by atoms with Crippen LogP contribution in [0.2, 0.25) is 0 Å². The van der Waals surface area contributed by atoms with Gasteiger partial charge in [0.05, 0.1) is 0 Å². The third-order valence-electron chi connectivity index (χ3n) is 4.74. The SMILES string of the molecule is O=C(C1CCN(c2ncc(Br)cc2F)CC1)N1CCC(F)(F)CC1. The maximum Gasteiger partial charge on any atom is 0.251 e. The molecule has 2 fully saturated rings. The van der Waals surface area contributed by atoms with Crippen molar-refractivity contribution in [1.29, 1.82) is 0 Å². The van der Waals surface area contributed by atoms with Crippen LogP contribution in [0.1, 0.15) is 25.7 Å². The molecule has 8 heteroatoms. The second kappa shape index (κ2) is 6.90. The van der Waals surface area contributed by atoms with Gasteiger partial charge in [0, 0.05) is 55.6 Å². The average Bonchev–Trinajstić information content (AvgIpc) is 2.54. The van der Waals surface area contributed by atoms with Crippen molar-refractivity contribution in [3.63, 3.8) is 0 Å². The molecule has 132 valence electrons. The molecule has 0 bridgehead atoms. The van der Waals surface area contributed by atoms with Gasteiger partial charge in [-0.1, -0.05) is 0 Å². The van der Waals surface area contributed by atoms with Crippen LogP contribution in [-0.4, -0.2) is 47.9 Å². The first-order chi connectivity index (χ1) is 11.4. The zero-order valence-electron chi connectivity index (χ0n) is 13.2. The zero-order chi connectivity index (χ0) is 17.3. The molecular weight excluding hydrogens is 387 g/mol. The van der Waals surface area contributed by atoms with E-state index in [0.717, 1.165) is 0 Å². The Balaban J connectivity index is 1.56. The monoisotopic (exact) mass is 405 g/mol. The van der Waals surface area contributed by atoms with Crippen LogP contribution in [0.25, 0.3) is 0 Å². The number of rotatable bonds is 2. The molecule has 2 aliphatic heterocycles. The Bertz CT molecular complexity index is 611. The van der Waals surface area contributed by atoms with Crippen molar-refractivity contribution in [3.8, 4) is 0 Å². The molecule has 1 aromatic heterocycles. The van der Waals surface area contributed by atoms with Crippen molar-refractivity contribution in [3.05, 3.63) is 22.6 Å². The van der Waals surface area contributed by atoms with Gasteiger partial charge in [0.1, 0.15) is 0 Å². The van der Waals surface area contributed by atoms with Crippen molar-refractivity contribution in [1.82, 2.24) is 9.88 Å². The van der Waals surface area contributed by atoms with Crippen LogP contribution < -0.4 is 4.90 Å². The summed E-state index contributed by atoms with van der Waals surface area (Å²) in [6.45, 7) is 1.31. The number of likely N-dealkylation sites (tertiary alicyclic amines) is 1. The highest BCUT2D eigenvalue weighted by Crippen LogP contribution is 2.31. The molecule has 3 heterocycles. The van der Waals surface area contributed by atoms with Crippen LogP contribution in [0.5, 0.6) is 0 Å². The fourth-order valence-corrected chi connectivity index (χ4v) is 3.59. The summed E-state index contributed by atoms with van der Waals surface area (Å²) in [5.41, 5.74) is 0. The normalized spacial score (nSPS) is 21.8. The lowest BCUT2D eigenvalue weighted by atomic mass is 9.94. The molecule has 3 rings (SSSR count). The second-order valence-electron chi connectivity index (χ2n) is 6.40. The van der Waals surface area contributed by atoms with Crippen molar-refractivity contribution >= 4 is 27.7 Å². The maximum atomic E-state index is 14.0. The van der Waals surface area contributed by atoms with Gasteiger partial charge in [-0.05, 0) is 34.8 Å². The van der Waals surface area contributed by atoms with Gasteiger partial charge >= 0.3 is 0 Å². The molecule has 0 N–H and O–H groups in total. The van der Waals surface area contributed by atoms with Crippen LogP contribution in [-0.2, 0) is 4.79 Å². The highest BCUT2D eigenvalue weighted by Gasteiger charge is 2.38. The summed E-state index contributed by atoms with van der Waals surface area (Å²) in [4.78, 5) is 20.0. The first kappa shape index (κ1) is 17.5. The molecule has 0 aliphatic carbocycles. The lowest BCUT2D eigenvalue weighted by Gasteiger charge is -2.37. The van der Waals surface area contributed by atoms with E-state index in [-0.39, 0.29) is 37.8 Å². The Labute approximate surface area is 147 Å². The summed E-state index contributed by atoms with van der Waals surface area (Å²) in [7, 11) is 0. The van der Waals surface area contributed by atoms with E-state index >= 15 is 0 Å². The number of nitrogens with zero attached hydrogens (tertiary/aromatic N) is 3. The Kier molecular flexibility index (Phi) is 5.03. The minimum atomic E-state index is -2.65. The Hall–Kier alpha value is -1.31. The molecular formula is C16H19BrF3N3O. The molecule has 0 radical (unpaired) electrons. The molecule has 24 heavy (non-hydrogen) atoms. The topological polar surface area (TPSA) is 36.4 Å². The summed E-state index contributed by atoms with van der Waals surface area (Å²) < 4.78 is 40.9. The van der Waals surface area contributed by atoms with E-state index in [1.807, 2.05) is 4.90 Å². The second-order valence-corrected chi connectivity index (χ2v) is 7.32. The van der Waals surface area contributed by atoms with Crippen LogP contribution in [0, 0.1) is 11.7 Å². The molecule has 2 aliphatic rings. The fraction of sp³-hybridized carbons (Fsp3) is 0.625. The quantitative estimate of drug-likeness (QED) is 0.755. The average molecular weight is 406 g/mol. The van der Waals surface area contributed by atoms with Gasteiger partial charge < -0.3 is 9.80 Å². The summed E-state index contributed by atoms with van der Waals surface area (Å²) in [5, 5.41) is 0. The molecule has 4 nitrogen and oxygen atoms in total. The van der Waals surface area contributed by atoms with E-state index in [4.69, 9.17) is 0 Å². The van der Waals surface area contributed by atoms with E-state index < -0.39 is 11.7 Å². The summed E-state index contributed by atoms with van der Waals surface area (Å²) >= 11 is 3.18. The zero-order valence-corrected chi connectivity index (χ0v) is 14.7. The van der Waals surface area contributed by atoms with Crippen LogP contribution in [0.15, 0.2) is 16.7 Å². The Morgan fingerprint density at radius 1 is 1.21 bits per heavy atom. The van der Waals surface area contributed by atoms with E-state index in [1.54, 1.807) is 11.1 Å². The number of carbonyl (C=O) groups excluding carboxylic acids is 1. The minimum Gasteiger partial charge on any atom is -0.354 e. The fourth-order valence-electron chi connectivity index (χ4n) is 3.29. The summed E-state index contributed by atoms with van der Waals surface area (Å²) in [5.74, 6) is -2.97. The number of hydrogen-bond donors (Lipinski definition) is 0. The van der Waals surface area contributed by atoms with E-state index in [1.165, 1.54) is 6.07 Å². The predicted octanol–water partition coefficient (Wildman–Crippen LogP) is 3.46. The number of alkyl halides is 2. The van der Waals surface area contributed by atoms with Gasteiger partial charge in [-0.25, -0.2) is 18.2 Å². The molecule has 0 unspecified atom stereocenters. The first-order valence-corrected chi connectivity index (χ1v) is 8.88. The summed E-state index contributed by atoms with van der Waals surface area (Å²) in [6.07, 6.45) is 2.20. The maximum absolute atomic E-state index is 14.0. The molecule has 1 amide bonds. The van der Waals surface area contributed by atoms with Crippen molar-refractivity contribution in [2.75, 3.05) is 31.1 Å². The molecule has 0 spiro atoms. The highest BCUT2D eigenvalue weighted by atomic mass is 79.9. The smallest absolute Gasteiger partial charge is 0.251 e. The predicted molar refractivity (Wildman–Crippen MR) is 87.6 cm³/mol. The molecule has 0 aromatic carbocycles. The molecule has 0 saturated carbocycles. The number of pyridine rings is 1. The largest absolute Gasteiger partial charge is 0.354 e. The first-order valence-electron chi connectivity index (χ1n) is 8.08. The van der Waals surface area contributed by atoms with Gasteiger partial charge in [-0.2, -0.15) is 0 Å². The lowest BCUT2D eigenvalue weighted by Crippen LogP contribution is -2.47. The number of amides is 1. The van der Waals surface area contributed by atoms with E-state index in [2.05, 4.69) is 20.9 Å². The summed E-state index contributed by atoms with van der Waals surface area (Å²) in [6, 6.07) is 1.37. The lowest BCUT2D eigenvalue weighted by molar-refractivity contribution is -0.142. The number of carbonyl (C=O) groups is 1. The van der Waals surface area contributed by atoms with Gasteiger partial charge in [0.25, 0.3) is 5.92 Å². The standard InChI is InChI=1S/C16H19BrF3N3O/c17-12-9-13(18)14(21-10-12)22-5-1-11(2-6-22)15(24)23-7-3-16(19,20)4-8-23/h9-11H,1-8H2. The van der Waals surface area contributed by atoms with Gasteiger partial charge in [0.15, 0.2) is 11.6 Å². The number of anilines is 1. The van der Waals surface area contributed by atoms with Crippen molar-refractivity contribution in [2.45, 2.75) is 31.6 Å².